The van der Waals surface area contributed by atoms with E-state index in [2.05, 4.69) is 15.9 Å². The van der Waals surface area contributed by atoms with Crippen LogP contribution in [0.15, 0.2) is 57.9 Å². The SMILES string of the molecule is Cc1ccccc1N1C(=O)/C(=C\c2cccc(Br)c2)SC1=S. The number of hydrogen-bond acceptors (Lipinski definition) is 3. The Kier molecular flexibility index (Phi) is 4.47. The van der Waals surface area contributed by atoms with Gasteiger partial charge in [-0.1, -0.05) is 70.2 Å². The van der Waals surface area contributed by atoms with Crippen molar-refractivity contribution < 1.29 is 4.79 Å². The minimum Gasteiger partial charge on any atom is -0.268 e. The van der Waals surface area contributed by atoms with E-state index in [0.717, 1.165) is 21.3 Å². The number of para-hydroxylation sites is 1. The fraction of sp³-hybridized carbons (Fsp3) is 0.0588. The maximum absolute atomic E-state index is 12.7. The van der Waals surface area contributed by atoms with Crippen LogP contribution in [-0.4, -0.2) is 10.2 Å². The van der Waals surface area contributed by atoms with Crippen molar-refractivity contribution in [3.8, 4) is 0 Å². The molecular formula is C17H12BrNOS2. The lowest BCUT2D eigenvalue weighted by Gasteiger charge is -2.16. The van der Waals surface area contributed by atoms with Gasteiger partial charge in [-0.15, -0.1) is 0 Å². The first-order chi connectivity index (χ1) is 10.6. The van der Waals surface area contributed by atoms with Crippen molar-refractivity contribution in [2.24, 2.45) is 0 Å². The van der Waals surface area contributed by atoms with Crippen LogP contribution in [0.5, 0.6) is 0 Å². The van der Waals surface area contributed by atoms with Gasteiger partial charge in [0.15, 0.2) is 4.32 Å². The normalized spacial score (nSPS) is 16.6. The van der Waals surface area contributed by atoms with Crippen LogP contribution in [0.1, 0.15) is 11.1 Å². The van der Waals surface area contributed by atoms with E-state index >= 15 is 0 Å². The summed E-state index contributed by atoms with van der Waals surface area (Å²) in [5, 5.41) is 0. The number of anilines is 1. The summed E-state index contributed by atoms with van der Waals surface area (Å²) in [6, 6.07) is 15.6. The van der Waals surface area contributed by atoms with Gasteiger partial charge in [0.1, 0.15) is 0 Å². The van der Waals surface area contributed by atoms with Crippen molar-refractivity contribution in [1.82, 2.24) is 0 Å². The van der Waals surface area contributed by atoms with E-state index in [0.29, 0.717) is 9.23 Å². The van der Waals surface area contributed by atoms with E-state index in [1.165, 1.54) is 11.8 Å². The number of carbonyl (C=O) groups is 1. The minimum atomic E-state index is -0.0655. The molecule has 0 aromatic heterocycles. The molecule has 1 aliphatic heterocycles. The highest BCUT2D eigenvalue weighted by atomic mass is 79.9. The molecule has 0 spiro atoms. The van der Waals surface area contributed by atoms with Crippen LogP contribution in [0, 0.1) is 6.92 Å². The Morgan fingerprint density at radius 3 is 2.68 bits per heavy atom. The highest BCUT2D eigenvalue weighted by Gasteiger charge is 2.33. The molecule has 2 nitrogen and oxygen atoms in total. The van der Waals surface area contributed by atoms with Crippen LogP contribution in [0.3, 0.4) is 0 Å². The number of hydrogen-bond donors (Lipinski definition) is 0. The Bertz CT molecular complexity index is 801. The predicted molar refractivity (Wildman–Crippen MR) is 101 cm³/mol. The van der Waals surface area contributed by atoms with Gasteiger partial charge in [-0.2, -0.15) is 0 Å². The summed E-state index contributed by atoms with van der Waals surface area (Å²) in [5.41, 5.74) is 2.85. The zero-order chi connectivity index (χ0) is 15.7. The Morgan fingerprint density at radius 1 is 1.18 bits per heavy atom. The molecule has 0 bridgehead atoms. The van der Waals surface area contributed by atoms with Crippen LogP contribution in [0.2, 0.25) is 0 Å². The van der Waals surface area contributed by atoms with Gasteiger partial charge in [0.05, 0.1) is 10.6 Å². The molecule has 0 atom stereocenters. The average molecular weight is 390 g/mol. The van der Waals surface area contributed by atoms with E-state index in [4.69, 9.17) is 12.2 Å². The predicted octanol–water partition coefficient (Wildman–Crippen LogP) is 5.16. The smallest absolute Gasteiger partial charge is 0.268 e. The van der Waals surface area contributed by atoms with Gasteiger partial charge in [0, 0.05) is 4.47 Å². The molecule has 0 unspecified atom stereocenters. The Balaban J connectivity index is 1.97. The third-order valence-electron chi connectivity index (χ3n) is 3.30. The van der Waals surface area contributed by atoms with Crippen molar-refractivity contribution in [3.63, 3.8) is 0 Å². The minimum absolute atomic E-state index is 0.0655. The van der Waals surface area contributed by atoms with Crippen molar-refractivity contribution in [1.29, 1.82) is 0 Å². The molecule has 22 heavy (non-hydrogen) atoms. The van der Waals surface area contributed by atoms with Gasteiger partial charge in [0.25, 0.3) is 5.91 Å². The Morgan fingerprint density at radius 2 is 1.95 bits per heavy atom. The number of rotatable bonds is 2. The first-order valence-electron chi connectivity index (χ1n) is 6.65. The molecule has 2 aromatic rings. The molecule has 1 aliphatic rings. The van der Waals surface area contributed by atoms with Crippen molar-refractivity contribution in [3.05, 3.63) is 69.0 Å². The summed E-state index contributed by atoms with van der Waals surface area (Å²) in [5.74, 6) is -0.0655. The highest BCUT2D eigenvalue weighted by molar-refractivity contribution is 9.10. The van der Waals surface area contributed by atoms with Gasteiger partial charge >= 0.3 is 0 Å². The first kappa shape index (κ1) is 15.5. The lowest BCUT2D eigenvalue weighted by Crippen LogP contribution is -2.28. The van der Waals surface area contributed by atoms with Gasteiger partial charge in [-0.3, -0.25) is 9.69 Å². The fourth-order valence-corrected chi connectivity index (χ4v) is 3.94. The van der Waals surface area contributed by atoms with Crippen molar-refractivity contribution in [2.45, 2.75) is 6.92 Å². The van der Waals surface area contributed by atoms with E-state index in [1.54, 1.807) is 4.90 Å². The molecule has 0 saturated carbocycles. The summed E-state index contributed by atoms with van der Waals surface area (Å²) in [6.45, 7) is 1.98. The maximum Gasteiger partial charge on any atom is 0.270 e. The number of halogens is 1. The third kappa shape index (κ3) is 3.02. The van der Waals surface area contributed by atoms with Crippen molar-refractivity contribution in [2.75, 3.05) is 4.90 Å². The monoisotopic (exact) mass is 389 g/mol. The maximum atomic E-state index is 12.7. The van der Waals surface area contributed by atoms with Gasteiger partial charge in [-0.05, 0) is 42.3 Å². The largest absolute Gasteiger partial charge is 0.270 e. The summed E-state index contributed by atoms with van der Waals surface area (Å²) in [6.07, 6.45) is 1.88. The summed E-state index contributed by atoms with van der Waals surface area (Å²) < 4.78 is 1.55. The van der Waals surface area contributed by atoms with Crippen LogP contribution < -0.4 is 4.90 Å². The zero-order valence-corrected chi connectivity index (χ0v) is 15.0. The molecule has 0 aliphatic carbocycles. The number of aryl methyl sites for hydroxylation is 1. The lowest BCUT2D eigenvalue weighted by atomic mass is 10.1. The number of benzene rings is 2. The second kappa shape index (κ2) is 6.36. The number of thioether (sulfide) groups is 1. The molecule has 2 aromatic carbocycles. The molecule has 1 fully saturated rings. The molecule has 1 amide bonds. The average Bonchev–Trinajstić information content (AvgIpc) is 2.74. The fourth-order valence-electron chi connectivity index (χ4n) is 2.24. The lowest BCUT2D eigenvalue weighted by molar-refractivity contribution is -0.113. The highest BCUT2D eigenvalue weighted by Crippen LogP contribution is 2.37. The molecule has 110 valence electrons. The molecule has 0 N–H and O–H groups in total. The molecule has 5 heteroatoms. The van der Waals surface area contributed by atoms with E-state index < -0.39 is 0 Å². The molecule has 1 saturated heterocycles. The molecule has 1 heterocycles. The van der Waals surface area contributed by atoms with Crippen LogP contribution in [0.4, 0.5) is 5.69 Å². The summed E-state index contributed by atoms with van der Waals surface area (Å²) >= 11 is 10.2. The number of thiocarbonyl (C=S) groups is 1. The first-order valence-corrected chi connectivity index (χ1v) is 8.67. The van der Waals surface area contributed by atoms with E-state index in [1.807, 2.05) is 61.5 Å². The van der Waals surface area contributed by atoms with Crippen LogP contribution in [0.25, 0.3) is 6.08 Å². The van der Waals surface area contributed by atoms with Gasteiger partial charge in [0.2, 0.25) is 0 Å². The Hall–Kier alpha value is -1.43. The van der Waals surface area contributed by atoms with Crippen LogP contribution in [-0.2, 0) is 4.79 Å². The molecular weight excluding hydrogens is 378 g/mol. The molecule has 0 radical (unpaired) electrons. The quantitative estimate of drug-likeness (QED) is 0.522. The third-order valence-corrected chi connectivity index (χ3v) is 5.09. The zero-order valence-electron chi connectivity index (χ0n) is 11.7. The topological polar surface area (TPSA) is 20.3 Å². The number of nitrogens with zero attached hydrogens (tertiary/aromatic N) is 1. The number of amides is 1. The molecule has 3 rings (SSSR count). The summed E-state index contributed by atoms with van der Waals surface area (Å²) in [7, 11) is 0. The van der Waals surface area contributed by atoms with E-state index in [-0.39, 0.29) is 5.91 Å². The standard InChI is InChI=1S/C17H12BrNOS2/c1-11-5-2-3-8-14(11)19-16(20)15(22-17(19)21)10-12-6-4-7-13(18)9-12/h2-10H,1H3/b15-10+. The van der Waals surface area contributed by atoms with Gasteiger partial charge < -0.3 is 0 Å². The number of carbonyl (C=O) groups excluding carboxylic acids is 1. The second-order valence-electron chi connectivity index (χ2n) is 4.86. The Labute approximate surface area is 147 Å². The summed E-state index contributed by atoms with van der Waals surface area (Å²) in [4.78, 5) is 15.0. The van der Waals surface area contributed by atoms with Crippen LogP contribution >= 0.6 is 39.9 Å². The van der Waals surface area contributed by atoms with Gasteiger partial charge in [-0.25, -0.2) is 0 Å². The van der Waals surface area contributed by atoms with Crippen molar-refractivity contribution >= 4 is 61.9 Å². The second-order valence-corrected chi connectivity index (χ2v) is 7.45. The van der Waals surface area contributed by atoms with E-state index in [9.17, 15) is 4.79 Å².